The Hall–Kier alpha value is -1.36. The first-order valence-electron chi connectivity index (χ1n) is 13.4. The van der Waals surface area contributed by atoms with Crippen molar-refractivity contribution in [3.05, 3.63) is 11.6 Å². The second kappa shape index (κ2) is 7.18. The van der Waals surface area contributed by atoms with Gasteiger partial charge in [-0.15, -0.1) is 0 Å². The molecule has 0 amide bonds. The first-order valence-corrected chi connectivity index (χ1v) is 13.4. The normalized spacial score (nSPS) is 57.5. The first kappa shape index (κ1) is 23.7. The van der Waals surface area contributed by atoms with Crippen molar-refractivity contribution in [2.45, 2.75) is 83.1 Å². The van der Waals surface area contributed by atoms with E-state index in [1.165, 1.54) is 7.11 Å². The number of carbonyl (C=O) groups is 2. The second-order valence-electron chi connectivity index (χ2n) is 12.7. The summed E-state index contributed by atoms with van der Waals surface area (Å²) in [6, 6.07) is 0. The minimum atomic E-state index is -1.73. The third kappa shape index (κ3) is 2.28. The van der Waals surface area contributed by atoms with Gasteiger partial charge in [-0.2, -0.15) is 0 Å². The quantitative estimate of drug-likeness (QED) is 0.397. The minimum absolute atomic E-state index is 0.0169. The predicted molar refractivity (Wildman–Crippen MR) is 122 cm³/mol. The van der Waals surface area contributed by atoms with Crippen molar-refractivity contribution in [3.63, 3.8) is 0 Å². The average Bonchev–Trinajstić information content (AvgIpc) is 3.57. The Kier molecular flexibility index (Phi) is 4.74. The van der Waals surface area contributed by atoms with Gasteiger partial charge < -0.3 is 34.0 Å². The molecule has 9 nitrogen and oxygen atoms in total. The van der Waals surface area contributed by atoms with E-state index in [0.29, 0.717) is 18.8 Å². The lowest BCUT2D eigenvalue weighted by Crippen LogP contribution is -2.66. The highest BCUT2D eigenvalue weighted by molar-refractivity contribution is 5.90. The van der Waals surface area contributed by atoms with E-state index < -0.39 is 58.9 Å². The van der Waals surface area contributed by atoms with E-state index in [2.05, 4.69) is 13.0 Å². The average molecular weight is 505 g/mol. The molecule has 0 spiro atoms. The Labute approximate surface area is 210 Å². The molecule has 13 atom stereocenters. The number of aliphatic hydroxyl groups excluding tert-OH is 1. The van der Waals surface area contributed by atoms with Crippen molar-refractivity contribution in [2.75, 3.05) is 13.7 Å². The summed E-state index contributed by atoms with van der Waals surface area (Å²) in [5.41, 5.74) is -2.31. The van der Waals surface area contributed by atoms with Gasteiger partial charge in [-0.05, 0) is 48.9 Å². The van der Waals surface area contributed by atoms with Gasteiger partial charge in [0.25, 0.3) is 0 Å². The summed E-state index contributed by atoms with van der Waals surface area (Å²) in [4.78, 5) is 26.7. The number of fused-ring (bicyclic) bond motifs is 2. The Morgan fingerprint density at radius 3 is 2.69 bits per heavy atom. The van der Waals surface area contributed by atoms with Crippen molar-refractivity contribution in [1.82, 2.24) is 0 Å². The monoisotopic (exact) mass is 504 g/mol. The van der Waals surface area contributed by atoms with E-state index in [-0.39, 0.29) is 30.3 Å². The minimum Gasteiger partial charge on any atom is -0.481 e. The van der Waals surface area contributed by atoms with Gasteiger partial charge in [-0.3, -0.25) is 9.53 Å². The lowest BCUT2D eigenvalue weighted by Gasteiger charge is -2.58. The maximum absolute atomic E-state index is 13.6. The number of carbonyl (C=O) groups excluding carboxylic acids is 1. The number of rotatable bonds is 7. The zero-order chi connectivity index (χ0) is 25.4. The maximum atomic E-state index is 13.6. The van der Waals surface area contributed by atoms with Gasteiger partial charge in [-0.25, -0.2) is 0 Å². The number of aliphatic hydroxyl groups is 1. The molecule has 4 heterocycles. The van der Waals surface area contributed by atoms with Crippen LogP contribution in [0.2, 0.25) is 0 Å². The number of ether oxygens (including phenoxy) is 5. The van der Waals surface area contributed by atoms with Crippen LogP contribution in [0.1, 0.15) is 46.5 Å². The van der Waals surface area contributed by atoms with E-state index in [1.54, 1.807) is 0 Å². The van der Waals surface area contributed by atoms with E-state index in [0.717, 1.165) is 24.7 Å². The molecule has 7 fully saturated rings. The molecule has 4 aliphatic carbocycles. The molecule has 8 aliphatic rings. The molecule has 8 rings (SSSR count). The molecule has 198 valence electrons. The number of carboxylic acids is 1. The zero-order valence-electron chi connectivity index (χ0n) is 21.2. The van der Waals surface area contributed by atoms with Gasteiger partial charge in [0, 0.05) is 12.5 Å². The molecule has 8 bridgehead atoms. The van der Waals surface area contributed by atoms with E-state index in [4.69, 9.17) is 23.7 Å². The van der Waals surface area contributed by atoms with Crippen molar-refractivity contribution in [2.24, 2.45) is 45.8 Å². The molecule has 0 aromatic carbocycles. The predicted octanol–water partition coefficient (Wildman–Crippen LogP) is 2.11. The number of carboxylic acid groups (broad SMARTS) is 1. The SMILES string of the molecule is COC1C2OC3(OCC45CC6C(C)CCC6C6(C=O)CC4C=C(C(C)C)C65C(=O)O)OC2OC1C3O. The summed E-state index contributed by atoms with van der Waals surface area (Å²) >= 11 is 0. The molecule has 3 saturated carbocycles. The van der Waals surface area contributed by atoms with Crippen LogP contribution in [-0.2, 0) is 33.3 Å². The van der Waals surface area contributed by atoms with Gasteiger partial charge in [-0.1, -0.05) is 38.8 Å². The lowest BCUT2D eigenvalue weighted by atomic mass is 9.43. The fraction of sp³-hybridized carbons (Fsp3) is 0.852. The van der Waals surface area contributed by atoms with Crippen molar-refractivity contribution in [1.29, 1.82) is 0 Å². The van der Waals surface area contributed by atoms with Crippen LogP contribution in [0.5, 0.6) is 0 Å². The highest BCUT2D eigenvalue weighted by atomic mass is 17.0. The molecule has 4 saturated heterocycles. The Balaban J connectivity index is 1.32. The fourth-order valence-electron chi connectivity index (χ4n) is 10.1. The summed E-state index contributed by atoms with van der Waals surface area (Å²) in [5, 5.41) is 22.2. The summed E-state index contributed by atoms with van der Waals surface area (Å²) in [7, 11) is 1.54. The molecule has 0 aromatic rings. The third-order valence-corrected chi connectivity index (χ3v) is 11.4. The maximum Gasteiger partial charge on any atom is 0.316 e. The Morgan fingerprint density at radius 1 is 1.25 bits per heavy atom. The molecule has 9 heteroatoms. The van der Waals surface area contributed by atoms with E-state index in [1.807, 2.05) is 13.8 Å². The summed E-state index contributed by atoms with van der Waals surface area (Å²) in [6.45, 7) is 6.27. The number of hydrogen-bond donors (Lipinski definition) is 2. The van der Waals surface area contributed by atoms with Crippen LogP contribution in [0.25, 0.3) is 0 Å². The van der Waals surface area contributed by atoms with Crippen LogP contribution in [0.15, 0.2) is 11.6 Å². The van der Waals surface area contributed by atoms with Gasteiger partial charge in [0.1, 0.15) is 30.0 Å². The molecular formula is C27H36O9. The smallest absolute Gasteiger partial charge is 0.316 e. The Morgan fingerprint density at radius 2 is 2.03 bits per heavy atom. The van der Waals surface area contributed by atoms with E-state index in [9.17, 15) is 19.8 Å². The van der Waals surface area contributed by atoms with Crippen LogP contribution in [0.4, 0.5) is 0 Å². The molecule has 13 unspecified atom stereocenters. The van der Waals surface area contributed by atoms with Crippen molar-refractivity contribution in [3.8, 4) is 0 Å². The van der Waals surface area contributed by atoms with Gasteiger partial charge in [0.15, 0.2) is 12.4 Å². The third-order valence-electron chi connectivity index (χ3n) is 11.4. The summed E-state index contributed by atoms with van der Waals surface area (Å²) < 4.78 is 29.7. The van der Waals surface area contributed by atoms with E-state index >= 15 is 0 Å². The molecule has 2 N–H and O–H groups in total. The summed E-state index contributed by atoms with van der Waals surface area (Å²) in [5.74, 6) is -2.10. The van der Waals surface area contributed by atoms with Crippen LogP contribution in [0, 0.1) is 45.8 Å². The molecule has 36 heavy (non-hydrogen) atoms. The molecular weight excluding hydrogens is 468 g/mol. The number of methoxy groups -OCH3 is 1. The first-order chi connectivity index (χ1) is 17.1. The molecule has 0 aromatic heterocycles. The standard InChI is InChI=1S/C27H36O9/c1-12(2)17-7-14-8-24(10-28)16-6-5-13(3)15(16)9-25(14,26(17,24)23(30)31)11-33-27-21(29)19-18(32-4)20(35-27)22(34-19)36-27/h7,10,12-16,18-22,29H,5-6,8-9,11H2,1-4H3,(H,30,31). The van der Waals surface area contributed by atoms with Crippen molar-refractivity contribution >= 4 is 12.3 Å². The highest BCUT2D eigenvalue weighted by Gasteiger charge is 2.85. The van der Waals surface area contributed by atoms with Gasteiger partial charge in [0.2, 0.25) is 0 Å². The fourth-order valence-corrected chi connectivity index (χ4v) is 10.1. The van der Waals surface area contributed by atoms with Gasteiger partial charge in [0.05, 0.1) is 12.0 Å². The summed E-state index contributed by atoms with van der Waals surface area (Å²) in [6.07, 6.45) is 2.59. The van der Waals surface area contributed by atoms with Gasteiger partial charge >= 0.3 is 11.9 Å². The topological polar surface area (TPSA) is 121 Å². The zero-order valence-corrected chi connectivity index (χ0v) is 21.2. The van der Waals surface area contributed by atoms with Crippen LogP contribution < -0.4 is 0 Å². The molecule has 4 aliphatic heterocycles. The number of aldehydes is 1. The lowest BCUT2D eigenvalue weighted by molar-refractivity contribution is -0.448. The largest absolute Gasteiger partial charge is 0.481 e. The van der Waals surface area contributed by atoms with Crippen LogP contribution in [-0.4, -0.2) is 72.9 Å². The number of hydrogen-bond acceptors (Lipinski definition) is 8. The van der Waals surface area contributed by atoms with Crippen LogP contribution >= 0.6 is 0 Å². The number of allylic oxidation sites excluding steroid dienone is 1. The Bertz CT molecular complexity index is 1040. The number of aliphatic carboxylic acids is 1. The van der Waals surface area contributed by atoms with Crippen LogP contribution in [0.3, 0.4) is 0 Å². The highest BCUT2D eigenvalue weighted by Crippen LogP contribution is 2.82. The molecule has 0 radical (unpaired) electrons. The van der Waals surface area contributed by atoms with Crippen molar-refractivity contribution < 1.29 is 43.5 Å². The second-order valence-corrected chi connectivity index (χ2v) is 12.7.